The van der Waals surface area contributed by atoms with Crippen LogP contribution in [0.3, 0.4) is 0 Å². The Hall–Kier alpha value is -1.13. The number of ether oxygens (including phenoxy) is 1. The van der Waals surface area contributed by atoms with Gasteiger partial charge in [-0.15, -0.1) is 0 Å². The third kappa shape index (κ3) is 3.38. The van der Waals surface area contributed by atoms with Crippen LogP contribution in [0.5, 0.6) is 0 Å². The summed E-state index contributed by atoms with van der Waals surface area (Å²) in [4.78, 5) is 16.7. The number of rotatable bonds is 4. The number of nitrogens with one attached hydrogen (secondary N) is 1. The van der Waals surface area contributed by atoms with E-state index in [0.717, 1.165) is 18.7 Å². The van der Waals surface area contributed by atoms with Gasteiger partial charge in [-0.2, -0.15) is 0 Å². The Labute approximate surface area is 130 Å². The van der Waals surface area contributed by atoms with Gasteiger partial charge in [0.05, 0.1) is 12.1 Å². The molecule has 2 fully saturated rings. The second-order valence-electron chi connectivity index (χ2n) is 6.30. The molecule has 1 saturated heterocycles. The van der Waals surface area contributed by atoms with Crippen molar-refractivity contribution in [1.82, 2.24) is 10.3 Å². The third-order valence-electron chi connectivity index (χ3n) is 4.21. The minimum atomic E-state index is -0.0812. The van der Waals surface area contributed by atoms with Gasteiger partial charge in [-0.25, -0.2) is 4.98 Å². The van der Waals surface area contributed by atoms with Crippen molar-refractivity contribution >= 4 is 17.5 Å². The fourth-order valence-electron chi connectivity index (χ4n) is 2.85. The van der Waals surface area contributed by atoms with Gasteiger partial charge in [-0.3, -0.25) is 4.79 Å². The normalized spacial score (nSPS) is 25.3. The summed E-state index contributed by atoms with van der Waals surface area (Å²) in [6, 6.07) is 3.58. The molecule has 4 nitrogen and oxygen atoms in total. The third-order valence-corrected chi connectivity index (χ3v) is 4.40. The fraction of sp³-hybridized carbons (Fsp3) is 0.625. The van der Waals surface area contributed by atoms with E-state index in [1.165, 1.54) is 12.8 Å². The molecule has 1 aliphatic heterocycles. The number of carbonyl (C=O) groups excluding carboxylic acids is 1. The highest BCUT2D eigenvalue weighted by molar-refractivity contribution is 6.29. The smallest absolute Gasteiger partial charge is 0.251 e. The molecule has 1 amide bonds. The topological polar surface area (TPSA) is 51.2 Å². The SMILES string of the molecule is CC(C)c1cc(C(=O)NC2CCOC2C2CC2)cc(Cl)n1. The molecule has 2 unspecified atom stereocenters. The Morgan fingerprint density at radius 3 is 2.81 bits per heavy atom. The standard InChI is InChI=1S/C16H21ClN2O2/c1-9(2)13-7-11(8-14(17)18-13)16(20)19-12-5-6-21-15(12)10-3-4-10/h7-10,12,15H,3-6H2,1-2H3,(H,19,20). The van der Waals surface area contributed by atoms with Crippen LogP contribution in [0.15, 0.2) is 12.1 Å². The van der Waals surface area contributed by atoms with Crippen LogP contribution in [0.2, 0.25) is 5.15 Å². The lowest BCUT2D eigenvalue weighted by Gasteiger charge is -2.19. The van der Waals surface area contributed by atoms with Gasteiger partial charge < -0.3 is 10.1 Å². The van der Waals surface area contributed by atoms with Gasteiger partial charge in [0.15, 0.2) is 0 Å². The van der Waals surface area contributed by atoms with Crippen LogP contribution >= 0.6 is 11.6 Å². The first kappa shape index (κ1) is 14.8. The van der Waals surface area contributed by atoms with E-state index in [2.05, 4.69) is 10.3 Å². The highest BCUT2D eigenvalue weighted by Gasteiger charge is 2.41. The molecule has 0 spiro atoms. The van der Waals surface area contributed by atoms with Crippen molar-refractivity contribution in [3.63, 3.8) is 0 Å². The van der Waals surface area contributed by atoms with Gasteiger partial charge in [0.25, 0.3) is 5.91 Å². The Kier molecular flexibility index (Phi) is 4.18. The molecular formula is C16H21ClN2O2. The number of aromatic nitrogens is 1. The first-order valence-corrected chi connectivity index (χ1v) is 8.02. The molecule has 21 heavy (non-hydrogen) atoms. The first-order valence-electron chi connectivity index (χ1n) is 7.64. The molecule has 0 radical (unpaired) electrons. The molecule has 1 N–H and O–H groups in total. The molecule has 5 heteroatoms. The molecule has 2 aliphatic rings. The number of hydrogen-bond donors (Lipinski definition) is 1. The zero-order chi connectivity index (χ0) is 15.0. The molecule has 0 aromatic carbocycles. The number of pyridine rings is 1. The van der Waals surface area contributed by atoms with Crippen LogP contribution in [-0.2, 0) is 4.74 Å². The molecule has 1 saturated carbocycles. The van der Waals surface area contributed by atoms with E-state index in [1.807, 2.05) is 19.9 Å². The summed E-state index contributed by atoms with van der Waals surface area (Å²) in [7, 11) is 0. The van der Waals surface area contributed by atoms with Crippen molar-refractivity contribution < 1.29 is 9.53 Å². The first-order chi connectivity index (χ1) is 10.0. The second kappa shape index (κ2) is 5.93. The quantitative estimate of drug-likeness (QED) is 0.869. The summed E-state index contributed by atoms with van der Waals surface area (Å²) < 4.78 is 5.76. The highest BCUT2D eigenvalue weighted by atomic mass is 35.5. The zero-order valence-electron chi connectivity index (χ0n) is 12.4. The van der Waals surface area contributed by atoms with Gasteiger partial charge in [-0.1, -0.05) is 25.4 Å². The summed E-state index contributed by atoms with van der Waals surface area (Å²) in [5.41, 5.74) is 1.43. The second-order valence-corrected chi connectivity index (χ2v) is 6.69. The van der Waals surface area contributed by atoms with Crippen LogP contribution in [0.1, 0.15) is 55.1 Å². The monoisotopic (exact) mass is 308 g/mol. The van der Waals surface area contributed by atoms with Gasteiger partial charge in [0.2, 0.25) is 0 Å². The predicted molar refractivity (Wildman–Crippen MR) is 81.7 cm³/mol. The van der Waals surface area contributed by atoms with E-state index in [1.54, 1.807) is 6.07 Å². The van der Waals surface area contributed by atoms with E-state index in [-0.39, 0.29) is 24.0 Å². The summed E-state index contributed by atoms with van der Waals surface area (Å²) >= 11 is 6.03. The number of hydrogen-bond acceptors (Lipinski definition) is 3. The molecule has 2 atom stereocenters. The number of amides is 1. The lowest BCUT2D eigenvalue weighted by atomic mass is 10.0. The van der Waals surface area contributed by atoms with Crippen LogP contribution in [0, 0.1) is 5.92 Å². The van der Waals surface area contributed by atoms with E-state index in [4.69, 9.17) is 16.3 Å². The Bertz CT molecular complexity index is 543. The lowest BCUT2D eigenvalue weighted by molar-refractivity contribution is 0.0729. The van der Waals surface area contributed by atoms with Crippen molar-refractivity contribution in [2.24, 2.45) is 5.92 Å². The minimum absolute atomic E-state index is 0.0812. The van der Waals surface area contributed by atoms with Gasteiger partial charge in [0, 0.05) is 17.9 Å². The molecule has 1 aliphatic carbocycles. The van der Waals surface area contributed by atoms with E-state index >= 15 is 0 Å². The van der Waals surface area contributed by atoms with Crippen LogP contribution < -0.4 is 5.32 Å². The number of carbonyl (C=O) groups is 1. The largest absolute Gasteiger partial charge is 0.376 e. The molecule has 1 aromatic heterocycles. The molecule has 114 valence electrons. The Balaban J connectivity index is 1.72. The average molecular weight is 309 g/mol. The maximum atomic E-state index is 12.5. The van der Waals surface area contributed by atoms with Crippen molar-refractivity contribution in [3.05, 3.63) is 28.5 Å². The summed E-state index contributed by atoms with van der Waals surface area (Å²) in [6.07, 6.45) is 3.52. The summed E-state index contributed by atoms with van der Waals surface area (Å²) in [6.45, 7) is 4.81. The number of nitrogens with zero attached hydrogens (tertiary/aromatic N) is 1. The van der Waals surface area contributed by atoms with Crippen LogP contribution in [-0.4, -0.2) is 29.6 Å². The number of halogens is 1. The fourth-order valence-corrected chi connectivity index (χ4v) is 3.07. The van der Waals surface area contributed by atoms with Gasteiger partial charge >= 0.3 is 0 Å². The maximum absolute atomic E-state index is 12.5. The van der Waals surface area contributed by atoms with Crippen LogP contribution in [0.4, 0.5) is 0 Å². The predicted octanol–water partition coefficient (Wildman–Crippen LogP) is 3.16. The van der Waals surface area contributed by atoms with Crippen molar-refractivity contribution in [3.8, 4) is 0 Å². The van der Waals surface area contributed by atoms with Gasteiger partial charge in [-0.05, 0) is 43.2 Å². The molecule has 2 heterocycles. The van der Waals surface area contributed by atoms with Crippen molar-refractivity contribution in [2.45, 2.75) is 51.2 Å². The molecular weight excluding hydrogens is 288 g/mol. The molecule has 1 aromatic rings. The van der Waals surface area contributed by atoms with E-state index in [9.17, 15) is 4.79 Å². The Morgan fingerprint density at radius 2 is 2.14 bits per heavy atom. The van der Waals surface area contributed by atoms with E-state index < -0.39 is 0 Å². The van der Waals surface area contributed by atoms with E-state index in [0.29, 0.717) is 16.6 Å². The van der Waals surface area contributed by atoms with Crippen LogP contribution in [0.25, 0.3) is 0 Å². The molecule has 3 rings (SSSR count). The summed E-state index contributed by atoms with van der Waals surface area (Å²) in [5, 5.41) is 3.48. The minimum Gasteiger partial charge on any atom is -0.376 e. The highest BCUT2D eigenvalue weighted by Crippen LogP contribution is 2.38. The molecule has 0 bridgehead atoms. The van der Waals surface area contributed by atoms with Crippen molar-refractivity contribution in [1.29, 1.82) is 0 Å². The zero-order valence-corrected chi connectivity index (χ0v) is 13.2. The lowest BCUT2D eigenvalue weighted by Crippen LogP contribution is -2.41. The van der Waals surface area contributed by atoms with Gasteiger partial charge in [0.1, 0.15) is 5.15 Å². The van der Waals surface area contributed by atoms with Crippen molar-refractivity contribution in [2.75, 3.05) is 6.61 Å². The maximum Gasteiger partial charge on any atom is 0.251 e. The average Bonchev–Trinajstić information content (AvgIpc) is 3.18. The Morgan fingerprint density at radius 1 is 1.38 bits per heavy atom. The summed E-state index contributed by atoms with van der Waals surface area (Å²) in [5.74, 6) is 0.789.